The van der Waals surface area contributed by atoms with E-state index in [9.17, 15) is 15.2 Å². The van der Waals surface area contributed by atoms with E-state index in [0.29, 0.717) is 22.0 Å². The largest absolute Gasteiger partial charge is 0.507 e. The number of halogens is 1. The zero-order chi connectivity index (χ0) is 16.8. The summed E-state index contributed by atoms with van der Waals surface area (Å²) in [4.78, 5) is 12.2. The number of benzene rings is 2. The molecule has 2 aromatic carbocycles. The van der Waals surface area contributed by atoms with Crippen LogP contribution < -0.4 is 10.1 Å². The topological polar surface area (TPSA) is 82.3 Å². The molecule has 0 bridgehead atoms. The van der Waals surface area contributed by atoms with Gasteiger partial charge in [-0.3, -0.25) is 4.79 Å². The molecule has 0 unspecified atom stereocenters. The maximum absolute atomic E-state index is 12.2. The Balaban J connectivity index is 2.31. The van der Waals surface area contributed by atoms with Gasteiger partial charge in [-0.15, -0.1) is 0 Å². The average molecular weight is 329 g/mol. The molecular weight excluding hydrogens is 316 g/mol. The fourth-order valence-electron chi connectivity index (χ4n) is 1.83. The van der Waals surface area contributed by atoms with E-state index in [1.165, 1.54) is 25.3 Å². The Bertz CT molecular complexity index is 810. The first kappa shape index (κ1) is 16.4. The second kappa shape index (κ2) is 7.34. The zero-order valence-electron chi connectivity index (χ0n) is 12.2. The van der Waals surface area contributed by atoms with Gasteiger partial charge in [0.1, 0.15) is 23.1 Å². The van der Waals surface area contributed by atoms with Crippen molar-refractivity contribution in [2.75, 3.05) is 12.4 Å². The highest BCUT2D eigenvalue weighted by atomic mass is 35.5. The number of ether oxygens (including phenoxy) is 1. The van der Waals surface area contributed by atoms with Gasteiger partial charge in [0.15, 0.2) is 0 Å². The van der Waals surface area contributed by atoms with Gasteiger partial charge in [0.2, 0.25) is 0 Å². The minimum Gasteiger partial charge on any atom is -0.507 e. The van der Waals surface area contributed by atoms with Crippen LogP contribution in [-0.4, -0.2) is 18.1 Å². The van der Waals surface area contributed by atoms with E-state index >= 15 is 0 Å². The number of hydrogen-bond donors (Lipinski definition) is 2. The Morgan fingerprint density at radius 1 is 1.35 bits per heavy atom. The van der Waals surface area contributed by atoms with Crippen molar-refractivity contribution in [2.24, 2.45) is 0 Å². The molecule has 0 spiro atoms. The minimum atomic E-state index is -0.622. The quantitative estimate of drug-likeness (QED) is 0.663. The molecule has 0 heterocycles. The molecule has 0 aliphatic carbocycles. The van der Waals surface area contributed by atoms with Gasteiger partial charge in [0.05, 0.1) is 17.8 Å². The summed E-state index contributed by atoms with van der Waals surface area (Å²) in [5, 5.41) is 21.9. The van der Waals surface area contributed by atoms with Gasteiger partial charge in [-0.25, -0.2) is 0 Å². The van der Waals surface area contributed by atoms with Crippen molar-refractivity contribution in [3.63, 3.8) is 0 Å². The summed E-state index contributed by atoms with van der Waals surface area (Å²) in [5.74, 6) is -0.190. The van der Waals surface area contributed by atoms with E-state index in [-0.39, 0.29) is 11.3 Å². The molecule has 2 aromatic rings. The van der Waals surface area contributed by atoms with Gasteiger partial charge >= 0.3 is 0 Å². The summed E-state index contributed by atoms with van der Waals surface area (Å²) in [6.07, 6.45) is 1.28. The third-order valence-electron chi connectivity index (χ3n) is 3.02. The van der Waals surface area contributed by atoms with E-state index in [1.807, 2.05) is 6.07 Å². The predicted octanol–water partition coefficient (Wildman–Crippen LogP) is 3.60. The molecule has 23 heavy (non-hydrogen) atoms. The number of nitrogens with one attached hydrogen (secondary N) is 1. The van der Waals surface area contributed by atoms with Gasteiger partial charge in [0.25, 0.3) is 5.91 Å². The number of phenolic OH excluding ortho intramolecular Hbond substituents is 1. The second-order valence-electron chi connectivity index (χ2n) is 4.53. The van der Waals surface area contributed by atoms with Crippen LogP contribution in [0.3, 0.4) is 0 Å². The van der Waals surface area contributed by atoms with E-state index in [1.54, 1.807) is 30.3 Å². The van der Waals surface area contributed by atoms with Crippen LogP contribution in [0.25, 0.3) is 6.08 Å². The van der Waals surface area contributed by atoms with Crippen LogP contribution >= 0.6 is 11.6 Å². The molecule has 116 valence electrons. The number of anilines is 1. The SMILES string of the molecule is COc1ccc(O)c(/C=C(\C#N)C(=O)Nc2ccccc2Cl)c1. The molecule has 0 radical (unpaired) electrons. The summed E-state index contributed by atoms with van der Waals surface area (Å²) in [5.41, 5.74) is 0.527. The van der Waals surface area contributed by atoms with Gasteiger partial charge in [-0.2, -0.15) is 5.26 Å². The highest BCUT2D eigenvalue weighted by molar-refractivity contribution is 6.34. The minimum absolute atomic E-state index is 0.0657. The Hall–Kier alpha value is -2.97. The zero-order valence-corrected chi connectivity index (χ0v) is 13.0. The monoisotopic (exact) mass is 328 g/mol. The van der Waals surface area contributed by atoms with Crippen LogP contribution in [0.15, 0.2) is 48.0 Å². The van der Waals surface area contributed by atoms with Crippen molar-refractivity contribution in [1.82, 2.24) is 0 Å². The van der Waals surface area contributed by atoms with Gasteiger partial charge in [-0.1, -0.05) is 23.7 Å². The summed E-state index contributed by atoms with van der Waals surface area (Å²) in [7, 11) is 1.48. The Morgan fingerprint density at radius 3 is 2.74 bits per heavy atom. The van der Waals surface area contributed by atoms with Crippen LogP contribution in [0, 0.1) is 11.3 Å². The van der Waals surface area contributed by atoms with Crippen molar-refractivity contribution < 1.29 is 14.6 Å². The van der Waals surface area contributed by atoms with Gasteiger partial charge < -0.3 is 15.2 Å². The molecule has 0 aliphatic rings. The molecular formula is C17H13ClN2O3. The summed E-state index contributed by atoms with van der Waals surface area (Å²) in [6.45, 7) is 0. The average Bonchev–Trinajstić information content (AvgIpc) is 2.56. The van der Waals surface area contributed by atoms with E-state index in [0.717, 1.165) is 0 Å². The van der Waals surface area contributed by atoms with Crippen molar-refractivity contribution >= 4 is 29.3 Å². The lowest BCUT2D eigenvalue weighted by Crippen LogP contribution is -2.13. The number of rotatable bonds is 4. The van der Waals surface area contributed by atoms with Gasteiger partial charge in [0, 0.05) is 5.56 Å². The lowest BCUT2D eigenvalue weighted by molar-refractivity contribution is -0.112. The lowest BCUT2D eigenvalue weighted by Gasteiger charge is -2.07. The standard InChI is InChI=1S/C17H13ClN2O3/c1-23-13-6-7-16(21)11(9-13)8-12(10-19)17(22)20-15-5-3-2-4-14(15)18/h2-9,21H,1H3,(H,20,22)/b12-8+. The van der Waals surface area contributed by atoms with Gasteiger partial charge in [-0.05, 0) is 36.4 Å². The fraction of sp³-hybridized carbons (Fsp3) is 0.0588. The van der Waals surface area contributed by atoms with Crippen LogP contribution in [0.5, 0.6) is 11.5 Å². The first-order chi connectivity index (χ1) is 11.0. The third-order valence-corrected chi connectivity index (χ3v) is 3.35. The van der Waals surface area contributed by atoms with E-state index in [4.69, 9.17) is 16.3 Å². The maximum atomic E-state index is 12.2. The van der Waals surface area contributed by atoms with Crippen LogP contribution in [0.1, 0.15) is 5.56 Å². The smallest absolute Gasteiger partial charge is 0.266 e. The fourth-order valence-corrected chi connectivity index (χ4v) is 2.01. The molecule has 0 fully saturated rings. The molecule has 0 saturated heterocycles. The molecule has 0 aromatic heterocycles. The van der Waals surface area contributed by atoms with E-state index < -0.39 is 5.91 Å². The van der Waals surface area contributed by atoms with Crippen LogP contribution in [0.4, 0.5) is 5.69 Å². The number of methoxy groups -OCH3 is 1. The van der Waals surface area contributed by atoms with E-state index in [2.05, 4.69) is 5.32 Å². The number of nitrogens with zero attached hydrogens (tertiary/aromatic N) is 1. The maximum Gasteiger partial charge on any atom is 0.266 e. The molecule has 2 N–H and O–H groups in total. The Kier molecular flexibility index (Phi) is 5.23. The lowest BCUT2D eigenvalue weighted by atomic mass is 10.1. The number of hydrogen-bond acceptors (Lipinski definition) is 4. The van der Waals surface area contributed by atoms with Crippen LogP contribution in [-0.2, 0) is 4.79 Å². The molecule has 5 nitrogen and oxygen atoms in total. The number of phenols is 1. The number of carbonyl (C=O) groups excluding carboxylic acids is 1. The summed E-state index contributed by atoms with van der Waals surface area (Å²) in [6, 6.07) is 13.0. The number of para-hydroxylation sites is 1. The van der Waals surface area contributed by atoms with Crippen molar-refractivity contribution in [3.05, 3.63) is 58.6 Å². The molecule has 1 amide bonds. The number of amides is 1. The normalized spacial score (nSPS) is 10.7. The molecule has 0 aliphatic heterocycles. The first-order valence-corrected chi connectivity index (χ1v) is 6.97. The second-order valence-corrected chi connectivity index (χ2v) is 4.94. The third kappa shape index (κ3) is 4.02. The number of nitriles is 1. The molecule has 0 atom stereocenters. The Morgan fingerprint density at radius 2 is 2.09 bits per heavy atom. The molecule has 2 rings (SSSR count). The first-order valence-electron chi connectivity index (χ1n) is 6.60. The Labute approximate surface area is 138 Å². The molecule has 6 heteroatoms. The van der Waals surface area contributed by atoms with Crippen molar-refractivity contribution in [3.8, 4) is 17.6 Å². The van der Waals surface area contributed by atoms with Crippen molar-refractivity contribution in [2.45, 2.75) is 0 Å². The molecule has 0 saturated carbocycles. The summed E-state index contributed by atoms with van der Waals surface area (Å²) >= 11 is 5.97. The van der Waals surface area contributed by atoms with Crippen molar-refractivity contribution in [1.29, 1.82) is 5.26 Å². The number of aromatic hydroxyl groups is 1. The highest BCUT2D eigenvalue weighted by Crippen LogP contribution is 2.26. The van der Waals surface area contributed by atoms with Crippen LogP contribution in [0.2, 0.25) is 5.02 Å². The summed E-state index contributed by atoms with van der Waals surface area (Å²) < 4.78 is 5.06. The highest BCUT2D eigenvalue weighted by Gasteiger charge is 2.12. The number of carbonyl (C=O) groups is 1. The predicted molar refractivity (Wildman–Crippen MR) is 88.3 cm³/mol.